The normalized spacial score (nSPS) is 21.5. The lowest BCUT2D eigenvalue weighted by atomic mass is 9.91. The van der Waals surface area contributed by atoms with E-state index in [-0.39, 0.29) is 10.9 Å². The van der Waals surface area contributed by atoms with Crippen molar-refractivity contribution in [2.24, 2.45) is 10.7 Å². The number of aliphatic hydroxyl groups is 1. The molecule has 27 heavy (non-hydrogen) atoms. The largest absolute Gasteiger partial charge is 0.393 e. The molecule has 0 atom stereocenters. The number of hydrogen-bond acceptors (Lipinski definition) is 5. The zero-order valence-corrected chi connectivity index (χ0v) is 16.2. The molecular formula is C20H23N3O3S. The Bertz CT molecular complexity index is 1050. The second-order valence-electron chi connectivity index (χ2n) is 7.39. The fourth-order valence-corrected chi connectivity index (χ4v) is 5.22. The van der Waals surface area contributed by atoms with Crippen LogP contribution in [-0.4, -0.2) is 31.5 Å². The van der Waals surface area contributed by atoms with E-state index in [2.05, 4.69) is 9.71 Å². The van der Waals surface area contributed by atoms with E-state index in [1.807, 2.05) is 32.0 Å². The maximum atomic E-state index is 12.6. The van der Waals surface area contributed by atoms with Crippen LogP contribution in [0.4, 0.5) is 0 Å². The third kappa shape index (κ3) is 3.16. The van der Waals surface area contributed by atoms with Gasteiger partial charge in [-0.3, -0.25) is 4.99 Å². The molecule has 1 heterocycles. The number of nitrogens with one attached hydrogen (secondary N) is 1. The predicted molar refractivity (Wildman–Crippen MR) is 105 cm³/mol. The molecular weight excluding hydrogens is 362 g/mol. The van der Waals surface area contributed by atoms with Crippen molar-refractivity contribution in [3.05, 3.63) is 52.6 Å². The number of sulfonamides is 1. The van der Waals surface area contributed by atoms with Gasteiger partial charge in [0.05, 0.1) is 17.5 Å². The molecule has 0 aromatic heterocycles. The van der Waals surface area contributed by atoms with Gasteiger partial charge in [0.25, 0.3) is 0 Å². The molecule has 0 amide bonds. The molecule has 142 valence electrons. The van der Waals surface area contributed by atoms with Crippen molar-refractivity contribution in [1.29, 1.82) is 0 Å². The summed E-state index contributed by atoms with van der Waals surface area (Å²) in [7, 11) is -3.59. The number of aliphatic imine (C=N–C) groups is 1. The number of benzene rings is 2. The zero-order valence-electron chi connectivity index (χ0n) is 15.4. The Kier molecular flexibility index (Phi) is 4.33. The summed E-state index contributed by atoms with van der Waals surface area (Å²) in [6, 6.07) is 9.06. The van der Waals surface area contributed by atoms with E-state index >= 15 is 0 Å². The number of hydrogen-bond donors (Lipinski definition) is 3. The van der Waals surface area contributed by atoms with Gasteiger partial charge in [-0.05, 0) is 66.6 Å². The van der Waals surface area contributed by atoms with Crippen LogP contribution in [0.2, 0.25) is 0 Å². The number of aliphatic hydroxyl groups excluding tert-OH is 1. The lowest BCUT2D eigenvalue weighted by molar-refractivity contribution is 0.0712. The smallest absolute Gasteiger partial charge is 0.240 e. The van der Waals surface area contributed by atoms with Crippen molar-refractivity contribution in [2.45, 2.75) is 50.3 Å². The molecule has 7 heteroatoms. The van der Waals surface area contributed by atoms with Gasteiger partial charge in [-0.15, -0.1) is 0 Å². The summed E-state index contributed by atoms with van der Waals surface area (Å²) in [5.41, 5.74) is 12.1. The molecule has 4 N–H and O–H groups in total. The first-order chi connectivity index (χ1) is 12.8. The van der Waals surface area contributed by atoms with Crippen LogP contribution in [0.1, 0.15) is 35.1 Å². The first-order valence-corrected chi connectivity index (χ1v) is 10.5. The van der Waals surface area contributed by atoms with Crippen LogP contribution in [0.5, 0.6) is 0 Å². The molecule has 2 aliphatic rings. The van der Waals surface area contributed by atoms with Gasteiger partial charge in [0.2, 0.25) is 10.0 Å². The maximum absolute atomic E-state index is 12.6. The Balaban J connectivity index is 1.67. The molecule has 2 aromatic carbocycles. The molecule has 1 aliphatic carbocycles. The van der Waals surface area contributed by atoms with Crippen molar-refractivity contribution in [3.63, 3.8) is 0 Å². The lowest BCUT2D eigenvalue weighted by Gasteiger charge is -2.31. The minimum absolute atomic E-state index is 0.189. The Hall–Kier alpha value is -2.22. The second-order valence-corrected chi connectivity index (χ2v) is 9.11. The second kappa shape index (κ2) is 6.44. The van der Waals surface area contributed by atoms with Crippen LogP contribution in [0.25, 0.3) is 11.1 Å². The van der Waals surface area contributed by atoms with Gasteiger partial charge in [0.15, 0.2) is 0 Å². The standard InChI is InChI=1S/C20H23N3O3S/c1-11-7-16(27(25,26)23-14-8-15(24)9-14)4-6-17(11)18-5-3-13-10-22-20(21)19(13)12(18)2/h3-7,14-15,23-24H,8-10H2,1-2H3,(H2,21,22). The van der Waals surface area contributed by atoms with E-state index in [1.165, 1.54) is 0 Å². The van der Waals surface area contributed by atoms with Crippen LogP contribution in [0.15, 0.2) is 40.2 Å². The summed E-state index contributed by atoms with van der Waals surface area (Å²) in [5.74, 6) is 0.563. The highest BCUT2D eigenvalue weighted by atomic mass is 32.2. The van der Waals surface area contributed by atoms with Crippen molar-refractivity contribution < 1.29 is 13.5 Å². The highest BCUT2D eigenvalue weighted by molar-refractivity contribution is 7.89. The number of rotatable bonds is 4. The first kappa shape index (κ1) is 18.2. The minimum atomic E-state index is -3.59. The van der Waals surface area contributed by atoms with Crippen LogP contribution in [0, 0.1) is 13.8 Å². The van der Waals surface area contributed by atoms with Gasteiger partial charge >= 0.3 is 0 Å². The highest BCUT2D eigenvalue weighted by Crippen LogP contribution is 2.33. The molecule has 0 unspecified atom stereocenters. The molecule has 1 saturated carbocycles. The van der Waals surface area contributed by atoms with E-state index in [0.717, 1.165) is 33.4 Å². The number of amidine groups is 1. The summed E-state index contributed by atoms with van der Waals surface area (Å²) >= 11 is 0. The fraction of sp³-hybridized carbons (Fsp3) is 0.350. The molecule has 6 nitrogen and oxygen atoms in total. The third-order valence-corrected chi connectivity index (χ3v) is 6.98. The van der Waals surface area contributed by atoms with Gasteiger partial charge < -0.3 is 10.8 Å². The molecule has 1 fully saturated rings. The predicted octanol–water partition coefficient (Wildman–Crippen LogP) is 1.99. The van der Waals surface area contributed by atoms with Crippen molar-refractivity contribution in [3.8, 4) is 11.1 Å². The highest BCUT2D eigenvalue weighted by Gasteiger charge is 2.31. The molecule has 0 saturated heterocycles. The number of nitrogens with two attached hydrogens (primary N) is 1. The molecule has 2 aromatic rings. The van der Waals surface area contributed by atoms with E-state index in [4.69, 9.17) is 5.73 Å². The number of nitrogens with zero attached hydrogens (tertiary/aromatic N) is 1. The maximum Gasteiger partial charge on any atom is 0.240 e. The first-order valence-electron chi connectivity index (χ1n) is 9.00. The molecule has 0 bridgehead atoms. The summed E-state index contributed by atoms with van der Waals surface area (Å²) in [4.78, 5) is 4.54. The molecule has 0 spiro atoms. The van der Waals surface area contributed by atoms with E-state index < -0.39 is 16.1 Å². The van der Waals surface area contributed by atoms with Gasteiger partial charge in [-0.2, -0.15) is 0 Å². The monoisotopic (exact) mass is 385 g/mol. The quantitative estimate of drug-likeness (QED) is 0.748. The van der Waals surface area contributed by atoms with Crippen LogP contribution < -0.4 is 10.5 Å². The van der Waals surface area contributed by atoms with Crippen LogP contribution >= 0.6 is 0 Å². The summed E-state index contributed by atoms with van der Waals surface area (Å²) < 4.78 is 27.8. The Morgan fingerprint density at radius 2 is 1.85 bits per heavy atom. The number of aryl methyl sites for hydroxylation is 1. The Morgan fingerprint density at radius 3 is 2.52 bits per heavy atom. The number of fused-ring (bicyclic) bond motifs is 1. The van der Waals surface area contributed by atoms with E-state index in [0.29, 0.717) is 25.2 Å². The fourth-order valence-electron chi connectivity index (χ4n) is 3.87. The Labute approximate surface area is 159 Å². The zero-order chi connectivity index (χ0) is 19.3. The van der Waals surface area contributed by atoms with Gasteiger partial charge in [0, 0.05) is 11.6 Å². The average molecular weight is 385 g/mol. The van der Waals surface area contributed by atoms with Gasteiger partial charge in [-0.25, -0.2) is 13.1 Å². The summed E-state index contributed by atoms with van der Waals surface area (Å²) in [5, 5.41) is 9.35. The minimum Gasteiger partial charge on any atom is -0.393 e. The van der Waals surface area contributed by atoms with Crippen molar-refractivity contribution >= 4 is 15.9 Å². The molecule has 0 radical (unpaired) electrons. The van der Waals surface area contributed by atoms with Crippen molar-refractivity contribution in [1.82, 2.24) is 4.72 Å². The average Bonchev–Trinajstić information content (AvgIpc) is 2.96. The van der Waals surface area contributed by atoms with Crippen molar-refractivity contribution in [2.75, 3.05) is 0 Å². The third-order valence-electron chi connectivity index (χ3n) is 5.46. The molecule has 1 aliphatic heterocycles. The lowest BCUT2D eigenvalue weighted by Crippen LogP contribution is -2.46. The van der Waals surface area contributed by atoms with Gasteiger partial charge in [-0.1, -0.05) is 18.2 Å². The topological polar surface area (TPSA) is 105 Å². The van der Waals surface area contributed by atoms with Crippen LogP contribution in [0.3, 0.4) is 0 Å². The van der Waals surface area contributed by atoms with E-state index in [9.17, 15) is 13.5 Å². The molecule has 4 rings (SSSR count). The van der Waals surface area contributed by atoms with Gasteiger partial charge in [0.1, 0.15) is 5.84 Å². The van der Waals surface area contributed by atoms with Crippen LogP contribution in [-0.2, 0) is 16.6 Å². The summed E-state index contributed by atoms with van der Waals surface area (Å²) in [6.45, 7) is 4.54. The Morgan fingerprint density at radius 1 is 1.15 bits per heavy atom. The SMILES string of the molecule is Cc1cc(S(=O)(=O)NC2CC(O)C2)ccc1-c1ccc2c(c1C)C(N)=NC2. The van der Waals surface area contributed by atoms with E-state index in [1.54, 1.807) is 12.1 Å². The summed E-state index contributed by atoms with van der Waals surface area (Å²) in [6.07, 6.45) is 0.529.